The van der Waals surface area contributed by atoms with Crippen LogP contribution in [0.3, 0.4) is 0 Å². The maximum absolute atomic E-state index is 7.92. The SMILES string of the molecule is [C-]#[N+]C(=Cc1ccc(-c2ccc(-c3ccc4c(c3)C(C)(C)c3ccccc3N4c3ccccc3)s2)c2nsnc12)c1nc2ccccc2s1. The molecule has 8 aromatic rings. The van der Waals surface area contributed by atoms with Crippen LogP contribution in [0.2, 0.25) is 0 Å². The quantitative estimate of drug-likeness (QED) is 0.169. The lowest BCUT2D eigenvalue weighted by atomic mass is 9.73. The van der Waals surface area contributed by atoms with Gasteiger partial charge in [-0.05, 0) is 82.9 Å². The first-order valence-electron chi connectivity index (χ1n) is 15.9. The van der Waals surface area contributed by atoms with Crippen molar-refractivity contribution in [3.05, 3.63) is 154 Å². The zero-order valence-electron chi connectivity index (χ0n) is 26.6. The summed E-state index contributed by atoms with van der Waals surface area (Å²) >= 11 is 4.50. The van der Waals surface area contributed by atoms with Crippen LogP contribution in [0.5, 0.6) is 0 Å². The third kappa shape index (κ3) is 4.89. The molecule has 0 unspecified atom stereocenters. The lowest BCUT2D eigenvalue weighted by Crippen LogP contribution is -2.30. The van der Waals surface area contributed by atoms with Gasteiger partial charge in [-0.1, -0.05) is 80.6 Å². The number of thiazole rings is 1. The number of fused-ring (bicyclic) bond motifs is 4. The molecule has 0 amide bonds. The minimum atomic E-state index is -0.176. The fourth-order valence-corrected chi connectivity index (χ4v) is 9.36. The Balaban J connectivity index is 1.09. The van der Waals surface area contributed by atoms with Crippen LogP contribution in [0, 0.1) is 6.57 Å². The minimum Gasteiger partial charge on any atom is -0.310 e. The fraction of sp³-hybridized carbons (Fsp3) is 0.0732. The summed E-state index contributed by atoms with van der Waals surface area (Å²) in [4.78, 5) is 13.3. The largest absolute Gasteiger partial charge is 0.310 e. The first-order valence-corrected chi connectivity index (χ1v) is 18.3. The van der Waals surface area contributed by atoms with Crippen molar-refractivity contribution < 1.29 is 0 Å². The molecule has 0 atom stereocenters. The monoisotopic (exact) mass is 685 g/mol. The average molecular weight is 686 g/mol. The maximum atomic E-state index is 7.92. The Hall–Kier alpha value is -5.46. The maximum Gasteiger partial charge on any atom is 0.222 e. The topological polar surface area (TPSA) is 46.3 Å². The van der Waals surface area contributed by atoms with E-state index in [-0.39, 0.29) is 5.41 Å². The molecule has 0 saturated heterocycles. The van der Waals surface area contributed by atoms with Gasteiger partial charge in [0.1, 0.15) is 16.0 Å². The predicted molar refractivity (Wildman–Crippen MR) is 207 cm³/mol. The number of hydrogen-bond donors (Lipinski definition) is 0. The first-order chi connectivity index (χ1) is 24.0. The molecule has 0 aliphatic carbocycles. The van der Waals surface area contributed by atoms with E-state index in [0.29, 0.717) is 10.7 Å². The van der Waals surface area contributed by atoms with E-state index >= 15 is 0 Å². The smallest absolute Gasteiger partial charge is 0.222 e. The van der Waals surface area contributed by atoms with E-state index in [9.17, 15) is 0 Å². The number of aromatic nitrogens is 3. The minimum absolute atomic E-state index is 0.176. The second kappa shape index (κ2) is 11.6. The standard InChI is InChI=1S/C41H27N5S3/c1-41(2)29-13-7-9-15-33(29)46(27-11-5-4-6-12-27)34-20-18-25(23-30(34)41)35-21-22-36(47-35)28-19-17-26(38-39(28)45-49-44-38)24-32(42-3)40-43-31-14-8-10-16-37(31)48-40/h4-24H,1-2H3. The van der Waals surface area contributed by atoms with Gasteiger partial charge >= 0.3 is 0 Å². The van der Waals surface area contributed by atoms with Crippen LogP contribution in [0.15, 0.2) is 121 Å². The van der Waals surface area contributed by atoms with Crippen LogP contribution in [-0.4, -0.2) is 13.7 Å². The second-order valence-electron chi connectivity index (χ2n) is 12.5. The third-order valence-corrected chi connectivity index (χ3v) is 12.0. The van der Waals surface area contributed by atoms with Crippen molar-refractivity contribution in [2.24, 2.45) is 0 Å². The summed E-state index contributed by atoms with van der Waals surface area (Å²) in [5.74, 6) is 0. The highest BCUT2D eigenvalue weighted by molar-refractivity contribution is 7.19. The number of thiophene rings is 1. The van der Waals surface area contributed by atoms with Gasteiger partial charge in [-0.2, -0.15) is 8.75 Å². The molecule has 1 aliphatic heterocycles. The van der Waals surface area contributed by atoms with Gasteiger partial charge in [0.15, 0.2) is 0 Å². The van der Waals surface area contributed by atoms with E-state index in [1.54, 1.807) is 11.3 Å². The van der Waals surface area contributed by atoms with E-state index in [2.05, 4.69) is 119 Å². The molecule has 49 heavy (non-hydrogen) atoms. The van der Waals surface area contributed by atoms with Crippen LogP contribution in [-0.2, 0) is 5.41 Å². The Morgan fingerprint density at radius 1 is 0.735 bits per heavy atom. The zero-order chi connectivity index (χ0) is 33.1. The van der Waals surface area contributed by atoms with E-state index in [0.717, 1.165) is 42.9 Å². The molecule has 0 fully saturated rings. The highest BCUT2D eigenvalue weighted by Crippen LogP contribution is 2.53. The van der Waals surface area contributed by atoms with Crippen LogP contribution in [0.1, 0.15) is 35.5 Å². The van der Waals surface area contributed by atoms with Crippen molar-refractivity contribution in [1.29, 1.82) is 0 Å². The highest BCUT2D eigenvalue weighted by atomic mass is 32.1. The molecule has 0 radical (unpaired) electrons. The molecule has 9 rings (SSSR count). The number of benzene rings is 5. The lowest BCUT2D eigenvalue weighted by molar-refractivity contribution is 0.632. The number of anilines is 3. The van der Waals surface area contributed by atoms with Crippen LogP contribution < -0.4 is 4.90 Å². The summed E-state index contributed by atoms with van der Waals surface area (Å²) in [6.07, 6.45) is 1.89. The van der Waals surface area contributed by atoms with Crippen molar-refractivity contribution in [2.75, 3.05) is 4.90 Å². The van der Waals surface area contributed by atoms with Crippen molar-refractivity contribution >= 4 is 84.5 Å². The van der Waals surface area contributed by atoms with Gasteiger partial charge in [-0.15, -0.1) is 22.7 Å². The van der Waals surface area contributed by atoms with Gasteiger partial charge in [0, 0.05) is 26.4 Å². The van der Waals surface area contributed by atoms with E-state index in [1.165, 1.54) is 56.0 Å². The Kier molecular flexibility index (Phi) is 7.02. The number of para-hydroxylation sites is 3. The summed E-state index contributed by atoms with van der Waals surface area (Å²) in [5, 5.41) is 0.711. The molecule has 5 aromatic carbocycles. The normalized spacial score (nSPS) is 13.7. The molecular weight excluding hydrogens is 659 g/mol. The van der Waals surface area contributed by atoms with Crippen LogP contribution in [0.25, 0.3) is 58.7 Å². The molecule has 5 nitrogen and oxygen atoms in total. The molecule has 0 N–H and O–H groups in total. The van der Waals surface area contributed by atoms with Crippen LogP contribution >= 0.6 is 34.4 Å². The third-order valence-electron chi connectivity index (χ3n) is 9.27. The summed E-state index contributed by atoms with van der Waals surface area (Å²) in [6.45, 7) is 12.6. The molecule has 0 spiro atoms. The zero-order valence-corrected chi connectivity index (χ0v) is 29.0. The molecule has 0 bridgehead atoms. The predicted octanol–water partition coefficient (Wildman–Crippen LogP) is 12.2. The van der Waals surface area contributed by atoms with Crippen molar-refractivity contribution in [1.82, 2.24) is 13.7 Å². The fourth-order valence-electron chi connectivity index (χ4n) is 6.82. The summed E-state index contributed by atoms with van der Waals surface area (Å²) in [6, 6.07) is 42.8. The van der Waals surface area contributed by atoms with E-state index in [4.69, 9.17) is 15.9 Å². The van der Waals surface area contributed by atoms with Gasteiger partial charge in [0.2, 0.25) is 5.70 Å². The Bertz CT molecular complexity index is 2590. The molecule has 234 valence electrons. The highest BCUT2D eigenvalue weighted by Gasteiger charge is 2.37. The van der Waals surface area contributed by atoms with E-state index in [1.807, 2.05) is 36.4 Å². The van der Waals surface area contributed by atoms with Crippen molar-refractivity contribution in [3.8, 4) is 20.9 Å². The van der Waals surface area contributed by atoms with Crippen LogP contribution in [0.4, 0.5) is 17.1 Å². The molecule has 4 heterocycles. The summed E-state index contributed by atoms with van der Waals surface area (Å²) < 4.78 is 10.5. The molecular formula is C41H27N5S3. The molecule has 0 saturated carbocycles. The van der Waals surface area contributed by atoms with E-state index < -0.39 is 0 Å². The van der Waals surface area contributed by atoms with Crippen molar-refractivity contribution in [3.63, 3.8) is 0 Å². The first kappa shape index (κ1) is 29.7. The molecule has 8 heteroatoms. The Morgan fingerprint density at radius 2 is 1.49 bits per heavy atom. The van der Waals surface area contributed by atoms with Gasteiger partial charge in [0.25, 0.3) is 0 Å². The van der Waals surface area contributed by atoms with Crippen molar-refractivity contribution in [2.45, 2.75) is 19.3 Å². The summed E-state index contributed by atoms with van der Waals surface area (Å²) in [5.41, 5.74) is 12.2. The second-order valence-corrected chi connectivity index (χ2v) is 15.1. The molecule has 1 aliphatic rings. The Morgan fingerprint density at radius 3 is 2.35 bits per heavy atom. The summed E-state index contributed by atoms with van der Waals surface area (Å²) in [7, 11) is 0. The number of nitrogens with zero attached hydrogens (tertiary/aromatic N) is 5. The van der Waals surface area contributed by atoms with Gasteiger partial charge < -0.3 is 4.90 Å². The number of rotatable bonds is 5. The number of hydrogen-bond acceptors (Lipinski definition) is 7. The van der Waals surface area contributed by atoms with Gasteiger partial charge in [-0.3, -0.25) is 0 Å². The average Bonchev–Trinajstić information content (AvgIpc) is 3.92. The Labute approximate surface area is 296 Å². The van der Waals surface area contributed by atoms with Gasteiger partial charge in [0.05, 0.1) is 39.9 Å². The lowest BCUT2D eigenvalue weighted by Gasteiger charge is -2.42. The van der Waals surface area contributed by atoms with Gasteiger partial charge in [-0.25, -0.2) is 9.83 Å². The molecule has 3 aromatic heterocycles.